The van der Waals surface area contributed by atoms with E-state index in [1.54, 1.807) is 31.5 Å². The van der Waals surface area contributed by atoms with Crippen LogP contribution >= 0.6 is 0 Å². The Morgan fingerprint density at radius 3 is 2.48 bits per heavy atom. The summed E-state index contributed by atoms with van der Waals surface area (Å²) < 4.78 is 28.1. The van der Waals surface area contributed by atoms with Gasteiger partial charge in [-0.25, -0.2) is 13.5 Å². The maximum absolute atomic E-state index is 13.3. The molecule has 0 aliphatic rings. The lowest BCUT2D eigenvalue weighted by Crippen LogP contribution is -2.15. The summed E-state index contributed by atoms with van der Waals surface area (Å²) in [5.41, 5.74) is 2.66. The van der Waals surface area contributed by atoms with Crippen LogP contribution in [0.25, 0.3) is 16.9 Å². The number of anilines is 1. The fourth-order valence-electron chi connectivity index (χ4n) is 2.91. The van der Waals surface area contributed by atoms with E-state index in [4.69, 9.17) is 0 Å². The summed E-state index contributed by atoms with van der Waals surface area (Å²) >= 11 is 0. The Hall–Kier alpha value is -3.94. The highest BCUT2D eigenvalue weighted by molar-refractivity contribution is 6.07. The standard InChI is InChI=1S/C21H15F2N5O/c1-13-11-16(23)6-9-18(13)25-21(29)19-20(14-3-2-10-24-12-14)28(27-26-19)17-7-4-15(22)5-8-17/h2-12H,1H3,(H,25,29). The van der Waals surface area contributed by atoms with Gasteiger partial charge in [-0.05, 0) is 67.1 Å². The molecule has 4 rings (SSSR count). The molecule has 0 atom stereocenters. The number of rotatable bonds is 4. The maximum atomic E-state index is 13.3. The van der Waals surface area contributed by atoms with Gasteiger partial charge < -0.3 is 5.32 Å². The molecule has 8 heteroatoms. The summed E-state index contributed by atoms with van der Waals surface area (Å²) in [6, 6.07) is 13.2. The SMILES string of the molecule is Cc1cc(F)ccc1NC(=O)c1nnn(-c2ccc(F)cc2)c1-c1cccnc1. The molecule has 144 valence electrons. The van der Waals surface area contributed by atoms with Crippen LogP contribution in [0.4, 0.5) is 14.5 Å². The largest absolute Gasteiger partial charge is 0.320 e. The van der Waals surface area contributed by atoms with Crippen molar-refractivity contribution in [1.29, 1.82) is 0 Å². The molecule has 0 bridgehead atoms. The van der Waals surface area contributed by atoms with Gasteiger partial charge in [-0.3, -0.25) is 9.78 Å². The summed E-state index contributed by atoms with van der Waals surface area (Å²) in [6.07, 6.45) is 3.19. The highest BCUT2D eigenvalue weighted by atomic mass is 19.1. The molecule has 0 fully saturated rings. The zero-order valence-corrected chi connectivity index (χ0v) is 15.3. The molecule has 0 saturated heterocycles. The van der Waals surface area contributed by atoms with Crippen molar-refractivity contribution in [2.24, 2.45) is 0 Å². The van der Waals surface area contributed by atoms with Crippen LogP contribution in [0.15, 0.2) is 67.0 Å². The number of hydrogen-bond donors (Lipinski definition) is 1. The van der Waals surface area contributed by atoms with Crippen molar-refractivity contribution >= 4 is 11.6 Å². The Labute approximate surface area is 164 Å². The van der Waals surface area contributed by atoms with Gasteiger partial charge in [0.2, 0.25) is 0 Å². The van der Waals surface area contributed by atoms with Crippen LogP contribution in [0.2, 0.25) is 0 Å². The summed E-state index contributed by atoms with van der Waals surface area (Å²) in [5, 5.41) is 10.9. The van der Waals surface area contributed by atoms with E-state index in [1.165, 1.54) is 47.1 Å². The molecule has 1 N–H and O–H groups in total. The van der Waals surface area contributed by atoms with E-state index in [1.807, 2.05) is 0 Å². The molecule has 0 unspecified atom stereocenters. The minimum Gasteiger partial charge on any atom is -0.320 e. The highest BCUT2D eigenvalue weighted by Crippen LogP contribution is 2.26. The van der Waals surface area contributed by atoms with E-state index in [2.05, 4.69) is 20.6 Å². The molecule has 2 aromatic heterocycles. The quantitative estimate of drug-likeness (QED) is 0.567. The Kier molecular flexibility index (Phi) is 4.82. The molecule has 0 aliphatic heterocycles. The third kappa shape index (κ3) is 3.73. The van der Waals surface area contributed by atoms with Crippen molar-refractivity contribution in [2.75, 3.05) is 5.32 Å². The van der Waals surface area contributed by atoms with Gasteiger partial charge in [0.15, 0.2) is 5.69 Å². The van der Waals surface area contributed by atoms with Gasteiger partial charge in [-0.2, -0.15) is 0 Å². The summed E-state index contributed by atoms with van der Waals surface area (Å²) in [7, 11) is 0. The van der Waals surface area contributed by atoms with Crippen molar-refractivity contribution < 1.29 is 13.6 Å². The monoisotopic (exact) mass is 391 g/mol. The Bertz CT molecular complexity index is 1170. The molecule has 2 heterocycles. The van der Waals surface area contributed by atoms with E-state index in [0.29, 0.717) is 28.2 Å². The van der Waals surface area contributed by atoms with E-state index < -0.39 is 5.91 Å². The minimum atomic E-state index is -0.507. The molecule has 0 radical (unpaired) electrons. The molecule has 2 aromatic carbocycles. The van der Waals surface area contributed by atoms with Gasteiger partial charge >= 0.3 is 0 Å². The maximum Gasteiger partial charge on any atom is 0.278 e. The van der Waals surface area contributed by atoms with Crippen LogP contribution in [-0.2, 0) is 0 Å². The van der Waals surface area contributed by atoms with E-state index in [0.717, 1.165) is 0 Å². The second-order valence-electron chi connectivity index (χ2n) is 6.33. The minimum absolute atomic E-state index is 0.0612. The molecule has 0 aliphatic carbocycles. The Morgan fingerprint density at radius 1 is 1.03 bits per heavy atom. The van der Waals surface area contributed by atoms with Crippen molar-refractivity contribution in [3.8, 4) is 16.9 Å². The van der Waals surface area contributed by atoms with Crippen LogP contribution in [0.5, 0.6) is 0 Å². The number of nitrogens with zero attached hydrogens (tertiary/aromatic N) is 4. The van der Waals surface area contributed by atoms with Crippen molar-refractivity contribution in [1.82, 2.24) is 20.0 Å². The molecule has 29 heavy (non-hydrogen) atoms. The number of hydrogen-bond acceptors (Lipinski definition) is 4. The first-order valence-corrected chi connectivity index (χ1v) is 8.72. The summed E-state index contributed by atoms with van der Waals surface area (Å²) in [5.74, 6) is -1.28. The number of carbonyl (C=O) groups excluding carboxylic acids is 1. The van der Waals surface area contributed by atoms with E-state index >= 15 is 0 Å². The fraction of sp³-hybridized carbons (Fsp3) is 0.0476. The molecule has 1 amide bonds. The highest BCUT2D eigenvalue weighted by Gasteiger charge is 2.23. The zero-order chi connectivity index (χ0) is 20.4. The number of amides is 1. The van der Waals surface area contributed by atoms with Crippen LogP contribution in [0.3, 0.4) is 0 Å². The zero-order valence-electron chi connectivity index (χ0n) is 15.3. The summed E-state index contributed by atoms with van der Waals surface area (Å²) in [6.45, 7) is 1.69. The summed E-state index contributed by atoms with van der Waals surface area (Å²) in [4.78, 5) is 17.0. The van der Waals surface area contributed by atoms with Crippen LogP contribution in [0.1, 0.15) is 16.1 Å². The van der Waals surface area contributed by atoms with Crippen molar-refractivity contribution in [2.45, 2.75) is 6.92 Å². The van der Waals surface area contributed by atoms with Gasteiger partial charge in [-0.15, -0.1) is 5.10 Å². The smallest absolute Gasteiger partial charge is 0.278 e. The second kappa shape index (κ2) is 7.59. The van der Waals surface area contributed by atoms with Gasteiger partial charge in [-0.1, -0.05) is 5.21 Å². The number of carbonyl (C=O) groups is 1. The molecule has 4 aromatic rings. The van der Waals surface area contributed by atoms with E-state index in [9.17, 15) is 13.6 Å². The van der Waals surface area contributed by atoms with Crippen molar-refractivity contribution in [3.05, 3.63) is 89.9 Å². The lowest BCUT2D eigenvalue weighted by Gasteiger charge is -2.10. The number of aromatic nitrogens is 4. The molecule has 6 nitrogen and oxygen atoms in total. The fourth-order valence-corrected chi connectivity index (χ4v) is 2.91. The number of halogens is 2. The lowest BCUT2D eigenvalue weighted by atomic mass is 10.1. The average molecular weight is 391 g/mol. The topological polar surface area (TPSA) is 72.7 Å². The third-order valence-corrected chi connectivity index (χ3v) is 4.33. The first-order valence-electron chi connectivity index (χ1n) is 8.72. The number of pyridine rings is 1. The van der Waals surface area contributed by atoms with Gasteiger partial charge in [0.05, 0.1) is 5.69 Å². The molecule has 0 spiro atoms. The van der Waals surface area contributed by atoms with Gasteiger partial charge in [0.1, 0.15) is 17.3 Å². The van der Waals surface area contributed by atoms with Gasteiger partial charge in [0.25, 0.3) is 5.91 Å². The predicted molar refractivity (Wildman–Crippen MR) is 104 cm³/mol. The average Bonchev–Trinajstić information content (AvgIpc) is 3.16. The number of aryl methyl sites for hydroxylation is 1. The van der Waals surface area contributed by atoms with Gasteiger partial charge in [0, 0.05) is 23.6 Å². The number of benzene rings is 2. The van der Waals surface area contributed by atoms with Crippen LogP contribution in [-0.4, -0.2) is 25.9 Å². The lowest BCUT2D eigenvalue weighted by molar-refractivity contribution is 0.102. The first-order chi connectivity index (χ1) is 14.0. The van der Waals surface area contributed by atoms with Crippen molar-refractivity contribution in [3.63, 3.8) is 0 Å². The van der Waals surface area contributed by atoms with Crippen LogP contribution < -0.4 is 5.32 Å². The first kappa shape index (κ1) is 18.4. The van der Waals surface area contributed by atoms with E-state index in [-0.39, 0.29) is 17.3 Å². The second-order valence-corrected chi connectivity index (χ2v) is 6.33. The Balaban J connectivity index is 1.79. The number of nitrogens with one attached hydrogen (secondary N) is 1. The molecular formula is C21H15F2N5O. The predicted octanol–water partition coefficient (Wildman–Crippen LogP) is 4.17. The third-order valence-electron chi connectivity index (χ3n) is 4.33. The molecule has 0 saturated carbocycles. The Morgan fingerprint density at radius 2 is 1.79 bits per heavy atom. The normalized spacial score (nSPS) is 10.7. The molecular weight excluding hydrogens is 376 g/mol. The van der Waals surface area contributed by atoms with Crippen LogP contribution in [0, 0.1) is 18.6 Å².